The molecule has 0 radical (unpaired) electrons. The fourth-order valence-corrected chi connectivity index (χ4v) is 2.05. The Bertz CT molecular complexity index is 309. The zero-order chi connectivity index (χ0) is 10.6. The molecule has 1 heterocycles. The van der Waals surface area contributed by atoms with Gasteiger partial charge in [0.25, 0.3) is 0 Å². The molecule has 0 fully saturated rings. The van der Waals surface area contributed by atoms with Crippen LogP contribution in [0.2, 0.25) is 5.02 Å². The van der Waals surface area contributed by atoms with Crippen molar-refractivity contribution in [1.29, 1.82) is 0 Å². The first-order chi connectivity index (χ1) is 6.63. The van der Waals surface area contributed by atoms with Crippen molar-refractivity contribution in [3.05, 3.63) is 17.3 Å². The van der Waals surface area contributed by atoms with Crippen molar-refractivity contribution in [2.24, 2.45) is 0 Å². The van der Waals surface area contributed by atoms with Gasteiger partial charge in [-0.1, -0.05) is 18.5 Å². The van der Waals surface area contributed by atoms with Crippen LogP contribution in [0.25, 0.3) is 0 Å². The molecule has 0 saturated heterocycles. The maximum Gasteiger partial charge on any atom is 0.119 e. The number of halogens is 1. The van der Waals surface area contributed by atoms with Crippen molar-refractivity contribution in [1.82, 2.24) is 4.98 Å². The molecule has 3 nitrogen and oxygen atoms in total. The number of thioether (sulfide) groups is 1. The van der Waals surface area contributed by atoms with Gasteiger partial charge in [0.1, 0.15) is 5.03 Å². The molecule has 0 saturated carbocycles. The second-order valence-corrected chi connectivity index (χ2v) is 4.85. The normalized spacial score (nSPS) is 12.8. The highest BCUT2D eigenvalue weighted by Gasteiger charge is 2.08. The van der Waals surface area contributed by atoms with Gasteiger partial charge in [0.2, 0.25) is 0 Å². The largest absolute Gasteiger partial charge is 0.396 e. The first-order valence-electron chi connectivity index (χ1n) is 4.32. The van der Waals surface area contributed by atoms with Crippen LogP contribution in [0.3, 0.4) is 0 Å². The van der Waals surface area contributed by atoms with E-state index in [1.165, 1.54) is 0 Å². The van der Waals surface area contributed by atoms with Crippen molar-refractivity contribution in [3.63, 3.8) is 0 Å². The van der Waals surface area contributed by atoms with Crippen LogP contribution in [-0.2, 0) is 0 Å². The summed E-state index contributed by atoms with van der Waals surface area (Å²) in [6.45, 7) is 2.21. The number of pyridine rings is 1. The number of hydrogen-bond donors (Lipinski definition) is 2. The lowest BCUT2D eigenvalue weighted by Crippen LogP contribution is -2.01. The van der Waals surface area contributed by atoms with Crippen LogP contribution < -0.4 is 5.73 Å². The molecule has 1 aromatic heterocycles. The van der Waals surface area contributed by atoms with Crippen LogP contribution in [-0.4, -0.2) is 21.9 Å². The summed E-state index contributed by atoms with van der Waals surface area (Å²) in [6.07, 6.45) is 2.31. The number of aliphatic hydroxyl groups excluding tert-OH is 1. The van der Waals surface area contributed by atoms with E-state index in [1.54, 1.807) is 24.0 Å². The van der Waals surface area contributed by atoms with Gasteiger partial charge in [-0.3, -0.25) is 0 Å². The Kier molecular flexibility index (Phi) is 4.51. The molecule has 0 bridgehead atoms. The number of rotatable bonds is 4. The molecule has 1 rings (SSSR count). The number of aromatic nitrogens is 1. The molecular formula is C9H13ClN2OS. The summed E-state index contributed by atoms with van der Waals surface area (Å²) in [6, 6.07) is 1.68. The van der Waals surface area contributed by atoms with Crippen LogP contribution in [0.4, 0.5) is 5.69 Å². The second kappa shape index (κ2) is 5.44. The van der Waals surface area contributed by atoms with Gasteiger partial charge in [-0.15, -0.1) is 11.8 Å². The van der Waals surface area contributed by atoms with Gasteiger partial charge in [-0.25, -0.2) is 4.98 Å². The molecule has 3 N–H and O–H groups in total. The summed E-state index contributed by atoms with van der Waals surface area (Å²) in [4.78, 5) is 4.12. The lowest BCUT2D eigenvalue weighted by Gasteiger charge is -2.10. The van der Waals surface area contributed by atoms with Crippen LogP contribution in [0.15, 0.2) is 17.3 Å². The van der Waals surface area contributed by atoms with Gasteiger partial charge >= 0.3 is 0 Å². The maximum absolute atomic E-state index is 8.74. The molecule has 0 aliphatic heterocycles. The number of hydrogen-bond acceptors (Lipinski definition) is 4. The van der Waals surface area contributed by atoms with Gasteiger partial charge in [0.15, 0.2) is 0 Å². The smallest absolute Gasteiger partial charge is 0.119 e. The molecule has 78 valence electrons. The van der Waals surface area contributed by atoms with E-state index in [4.69, 9.17) is 22.4 Å². The Balaban J connectivity index is 2.67. The molecular weight excluding hydrogens is 220 g/mol. The third-order valence-electron chi connectivity index (χ3n) is 1.69. The van der Waals surface area contributed by atoms with E-state index >= 15 is 0 Å². The zero-order valence-corrected chi connectivity index (χ0v) is 9.48. The van der Waals surface area contributed by atoms with E-state index < -0.39 is 0 Å². The highest BCUT2D eigenvalue weighted by atomic mass is 35.5. The molecule has 0 aliphatic carbocycles. The predicted octanol–water partition coefficient (Wildman–Crippen LogP) is 2.18. The van der Waals surface area contributed by atoms with Gasteiger partial charge in [-0.2, -0.15) is 0 Å². The zero-order valence-electron chi connectivity index (χ0n) is 7.90. The quantitative estimate of drug-likeness (QED) is 0.782. The van der Waals surface area contributed by atoms with Crippen molar-refractivity contribution < 1.29 is 5.11 Å². The van der Waals surface area contributed by atoms with Crippen molar-refractivity contribution >= 4 is 29.1 Å². The average molecular weight is 233 g/mol. The highest BCUT2D eigenvalue weighted by Crippen LogP contribution is 2.29. The average Bonchev–Trinajstić information content (AvgIpc) is 2.10. The molecule has 0 aromatic carbocycles. The van der Waals surface area contributed by atoms with Crippen LogP contribution >= 0.6 is 23.4 Å². The molecule has 1 atom stereocenters. The van der Waals surface area contributed by atoms with E-state index in [1.807, 2.05) is 6.92 Å². The lowest BCUT2D eigenvalue weighted by molar-refractivity contribution is 0.289. The van der Waals surface area contributed by atoms with E-state index in [9.17, 15) is 0 Å². The standard InChI is InChI=1S/C9H13ClN2OS/c1-6(2-3-13)14-9-8(11)4-7(10)5-12-9/h4-6,13H,2-3,11H2,1H3. The van der Waals surface area contributed by atoms with Gasteiger partial charge in [-0.05, 0) is 12.5 Å². The van der Waals surface area contributed by atoms with Gasteiger partial charge < -0.3 is 10.8 Å². The Labute approximate surface area is 92.7 Å². The van der Waals surface area contributed by atoms with E-state index in [0.717, 1.165) is 11.4 Å². The molecule has 14 heavy (non-hydrogen) atoms. The first-order valence-corrected chi connectivity index (χ1v) is 5.57. The molecule has 0 amide bonds. The minimum Gasteiger partial charge on any atom is -0.396 e. The van der Waals surface area contributed by atoms with Crippen LogP contribution in [0, 0.1) is 0 Å². The van der Waals surface area contributed by atoms with Gasteiger partial charge in [0.05, 0.1) is 10.7 Å². The summed E-state index contributed by atoms with van der Waals surface area (Å²) in [7, 11) is 0. The molecule has 5 heteroatoms. The molecule has 0 spiro atoms. The summed E-state index contributed by atoms with van der Waals surface area (Å²) in [5.41, 5.74) is 6.33. The minimum atomic E-state index is 0.182. The second-order valence-electron chi connectivity index (χ2n) is 2.99. The minimum absolute atomic E-state index is 0.182. The third kappa shape index (κ3) is 3.36. The number of aliphatic hydroxyl groups is 1. The summed E-state index contributed by atoms with van der Waals surface area (Å²) < 4.78 is 0. The molecule has 1 unspecified atom stereocenters. The van der Waals surface area contributed by atoms with Crippen LogP contribution in [0.5, 0.6) is 0 Å². The monoisotopic (exact) mass is 232 g/mol. The topological polar surface area (TPSA) is 59.1 Å². The Morgan fingerprint density at radius 1 is 1.71 bits per heavy atom. The van der Waals surface area contributed by atoms with Crippen LogP contribution in [0.1, 0.15) is 13.3 Å². The molecule has 0 aliphatic rings. The van der Waals surface area contributed by atoms with Gasteiger partial charge in [0, 0.05) is 18.1 Å². The Morgan fingerprint density at radius 3 is 3.00 bits per heavy atom. The van der Waals surface area contributed by atoms with Crippen molar-refractivity contribution in [2.45, 2.75) is 23.6 Å². The number of nitrogens with zero attached hydrogens (tertiary/aromatic N) is 1. The Hall–Kier alpha value is -0.450. The lowest BCUT2D eigenvalue weighted by atomic mass is 10.3. The van der Waals surface area contributed by atoms with Crippen molar-refractivity contribution in [3.8, 4) is 0 Å². The predicted molar refractivity (Wildman–Crippen MR) is 60.7 cm³/mol. The fourth-order valence-electron chi connectivity index (χ4n) is 0.972. The fraction of sp³-hybridized carbons (Fsp3) is 0.444. The number of nitrogens with two attached hydrogens (primary N) is 1. The highest BCUT2D eigenvalue weighted by molar-refractivity contribution is 8.00. The summed E-state index contributed by atoms with van der Waals surface area (Å²) in [5.74, 6) is 0. The Morgan fingerprint density at radius 2 is 2.43 bits per heavy atom. The van der Waals surface area contributed by atoms with E-state index in [0.29, 0.717) is 16.0 Å². The summed E-state index contributed by atoms with van der Waals surface area (Å²) in [5, 5.41) is 10.4. The maximum atomic E-state index is 8.74. The SMILES string of the molecule is CC(CCO)Sc1ncc(Cl)cc1N. The van der Waals surface area contributed by atoms with E-state index in [-0.39, 0.29) is 6.61 Å². The number of anilines is 1. The number of nitrogen functional groups attached to an aromatic ring is 1. The molecule has 1 aromatic rings. The van der Waals surface area contributed by atoms with E-state index in [2.05, 4.69) is 4.98 Å². The summed E-state index contributed by atoms with van der Waals surface area (Å²) >= 11 is 7.27. The van der Waals surface area contributed by atoms with Crippen molar-refractivity contribution in [2.75, 3.05) is 12.3 Å². The first kappa shape index (κ1) is 11.6. The third-order valence-corrected chi connectivity index (χ3v) is 3.10.